The van der Waals surface area contributed by atoms with Gasteiger partial charge in [0, 0.05) is 6.42 Å². The summed E-state index contributed by atoms with van der Waals surface area (Å²) in [6.45, 7) is 17.1. The monoisotopic (exact) mass is 506 g/mol. The van der Waals surface area contributed by atoms with Crippen LogP contribution in [0.25, 0.3) is 0 Å². The maximum Gasteiger partial charge on any atom is 0.307 e. The Hall–Kier alpha value is -1.16. The van der Waals surface area contributed by atoms with Crippen LogP contribution in [0.1, 0.15) is 143 Å². The van der Waals surface area contributed by atoms with E-state index in [1.807, 2.05) is 0 Å². The van der Waals surface area contributed by atoms with Crippen molar-refractivity contribution in [2.75, 3.05) is 5.75 Å². The number of carbonyl (C=O) groups is 1. The van der Waals surface area contributed by atoms with Gasteiger partial charge in [0.25, 0.3) is 0 Å². The van der Waals surface area contributed by atoms with E-state index < -0.39 is 0 Å². The van der Waals surface area contributed by atoms with Crippen molar-refractivity contribution in [3.05, 3.63) is 28.8 Å². The fraction of sp³-hybridized carbons (Fsp3) is 0.774. The van der Waals surface area contributed by atoms with Crippen LogP contribution in [0.3, 0.4) is 0 Å². The predicted octanol–water partition coefficient (Wildman–Crippen LogP) is 9.46. The molecule has 1 unspecified atom stereocenters. The molecule has 0 aliphatic heterocycles. The van der Waals surface area contributed by atoms with Gasteiger partial charge in [-0.05, 0) is 52.5 Å². The van der Waals surface area contributed by atoms with Gasteiger partial charge in [0.2, 0.25) is 0 Å². The predicted molar refractivity (Wildman–Crippen MR) is 154 cm³/mol. The topological polar surface area (TPSA) is 46.5 Å². The molecule has 3 nitrogen and oxygen atoms in total. The Labute approximate surface area is 221 Å². The van der Waals surface area contributed by atoms with Gasteiger partial charge in [-0.2, -0.15) is 0 Å². The third-order valence-corrected chi connectivity index (χ3v) is 7.72. The van der Waals surface area contributed by atoms with Crippen molar-refractivity contribution >= 4 is 17.7 Å². The van der Waals surface area contributed by atoms with E-state index in [1.54, 1.807) is 11.8 Å². The van der Waals surface area contributed by atoms with Crippen LogP contribution in [0.5, 0.6) is 5.75 Å². The molecule has 0 aliphatic carbocycles. The van der Waals surface area contributed by atoms with Gasteiger partial charge < -0.3 is 9.84 Å². The second kappa shape index (κ2) is 15.8. The zero-order valence-electron chi connectivity index (χ0n) is 24.1. The first kappa shape index (κ1) is 31.9. The molecular weight excluding hydrogens is 452 g/mol. The lowest BCUT2D eigenvalue weighted by Crippen LogP contribution is -2.19. The van der Waals surface area contributed by atoms with Gasteiger partial charge in [0.05, 0.1) is 0 Å². The third-order valence-electron chi connectivity index (χ3n) is 6.49. The van der Waals surface area contributed by atoms with Crippen LogP contribution in [-0.4, -0.2) is 22.3 Å². The summed E-state index contributed by atoms with van der Waals surface area (Å²) in [6.07, 6.45) is 13.5. The van der Waals surface area contributed by atoms with E-state index in [2.05, 4.69) is 67.5 Å². The van der Waals surface area contributed by atoms with E-state index in [9.17, 15) is 9.90 Å². The zero-order valence-corrected chi connectivity index (χ0v) is 24.9. The lowest BCUT2D eigenvalue weighted by molar-refractivity contribution is -0.145. The van der Waals surface area contributed by atoms with Crippen molar-refractivity contribution in [2.24, 2.45) is 0 Å². The number of phenolic OH excluding ortho intramolecular Hbond substituents is 1. The van der Waals surface area contributed by atoms with Gasteiger partial charge in [-0.1, -0.05) is 119 Å². The van der Waals surface area contributed by atoms with Gasteiger partial charge in [-0.25, -0.2) is 0 Å². The maximum atomic E-state index is 12.7. The number of unbranched alkanes of at least 4 members (excludes halogenated alkanes) is 7. The van der Waals surface area contributed by atoms with Gasteiger partial charge in [-0.3, -0.25) is 4.79 Å². The molecule has 0 amide bonds. The molecule has 0 saturated carbocycles. The number of esters is 1. The molecule has 1 aromatic carbocycles. The third kappa shape index (κ3) is 12.6. The molecule has 0 fully saturated rings. The molecule has 1 rings (SSSR count). The van der Waals surface area contributed by atoms with Crippen molar-refractivity contribution in [1.29, 1.82) is 0 Å². The Morgan fingerprint density at radius 2 is 1.37 bits per heavy atom. The van der Waals surface area contributed by atoms with Crippen LogP contribution >= 0.6 is 11.8 Å². The molecular formula is C31H54O3S. The average Bonchev–Trinajstić information content (AvgIpc) is 2.75. The number of thioether (sulfide) groups is 1. The number of ether oxygens (including phenoxy) is 1. The van der Waals surface area contributed by atoms with Crippen molar-refractivity contribution in [3.8, 4) is 5.75 Å². The fourth-order valence-corrected chi connectivity index (χ4v) is 5.51. The number of benzene rings is 1. The average molecular weight is 507 g/mol. The minimum absolute atomic E-state index is 0.0351. The summed E-state index contributed by atoms with van der Waals surface area (Å²) >= 11 is 1.81. The number of phenols is 1. The van der Waals surface area contributed by atoms with E-state index in [0.29, 0.717) is 18.6 Å². The number of rotatable bonds is 16. The summed E-state index contributed by atoms with van der Waals surface area (Å²) in [6, 6.07) is 4.14. The summed E-state index contributed by atoms with van der Waals surface area (Å²) in [7, 11) is 0. The second-order valence-corrected chi connectivity index (χ2v) is 13.4. The largest absolute Gasteiger partial charge is 0.507 e. The molecule has 4 heteroatoms. The minimum Gasteiger partial charge on any atom is -0.507 e. The van der Waals surface area contributed by atoms with E-state index in [1.165, 1.54) is 51.4 Å². The van der Waals surface area contributed by atoms with Crippen molar-refractivity contribution < 1.29 is 14.6 Å². The van der Waals surface area contributed by atoms with Crippen LogP contribution in [0.2, 0.25) is 0 Å². The summed E-state index contributed by atoms with van der Waals surface area (Å²) in [4.78, 5) is 12.7. The highest BCUT2D eigenvalue weighted by Crippen LogP contribution is 2.40. The Kier molecular flexibility index (Phi) is 14.4. The summed E-state index contributed by atoms with van der Waals surface area (Å²) < 4.78 is 5.88. The Morgan fingerprint density at radius 3 is 1.86 bits per heavy atom. The molecule has 0 aliphatic rings. The Balaban J connectivity index is 2.59. The lowest BCUT2D eigenvalue weighted by Gasteiger charge is -2.28. The number of hydrogen-bond donors (Lipinski definition) is 1. The van der Waals surface area contributed by atoms with E-state index in [-0.39, 0.29) is 22.2 Å². The first-order valence-electron chi connectivity index (χ1n) is 14.1. The maximum absolute atomic E-state index is 12.7. The van der Waals surface area contributed by atoms with Gasteiger partial charge in [-0.15, -0.1) is 11.8 Å². The number of aromatic hydroxyl groups is 1. The first-order valence-corrected chi connectivity index (χ1v) is 15.1. The molecule has 0 spiro atoms. The number of hydrogen-bond acceptors (Lipinski definition) is 4. The molecule has 1 aromatic rings. The molecule has 0 aromatic heterocycles. The minimum atomic E-state index is -0.168. The Morgan fingerprint density at radius 1 is 0.857 bits per heavy atom. The molecule has 1 atom stereocenters. The standard InChI is InChI=1S/C31H54O3S/c1-9-11-12-13-14-15-16-17-21-35-28(18-10-2)34-27(32)20-19-24-22-25(30(3,4)5)29(33)26(23-24)31(6,7)8/h22-23,28,33H,9-21H2,1-8H3. The van der Waals surface area contributed by atoms with E-state index >= 15 is 0 Å². The van der Waals surface area contributed by atoms with Crippen molar-refractivity contribution in [3.63, 3.8) is 0 Å². The fourth-order valence-electron chi connectivity index (χ4n) is 4.30. The molecule has 0 bridgehead atoms. The Bertz CT molecular complexity index is 708. The molecule has 0 saturated heterocycles. The lowest BCUT2D eigenvalue weighted by atomic mass is 9.78. The van der Waals surface area contributed by atoms with Crippen LogP contribution < -0.4 is 0 Å². The normalized spacial score (nSPS) is 13.1. The first-order chi connectivity index (χ1) is 16.4. The van der Waals surface area contributed by atoms with E-state index in [4.69, 9.17) is 4.74 Å². The van der Waals surface area contributed by atoms with Crippen LogP contribution in [-0.2, 0) is 26.8 Å². The molecule has 202 valence electrons. The summed E-state index contributed by atoms with van der Waals surface area (Å²) in [5.41, 5.74) is 2.61. The zero-order chi connectivity index (χ0) is 26.5. The molecule has 0 radical (unpaired) electrons. The van der Waals surface area contributed by atoms with Crippen LogP contribution in [0.4, 0.5) is 0 Å². The molecule has 0 heterocycles. The summed E-state index contributed by atoms with van der Waals surface area (Å²) in [5, 5.41) is 10.9. The van der Waals surface area contributed by atoms with Crippen LogP contribution in [0, 0.1) is 0 Å². The molecule has 1 N–H and O–H groups in total. The highest BCUT2D eigenvalue weighted by Gasteiger charge is 2.26. The highest BCUT2D eigenvalue weighted by molar-refractivity contribution is 7.99. The second-order valence-electron chi connectivity index (χ2n) is 12.1. The van der Waals surface area contributed by atoms with Crippen molar-refractivity contribution in [2.45, 2.75) is 149 Å². The smallest absolute Gasteiger partial charge is 0.307 e. The highest BCUT2D eigenvalue weighted by atomic mass is 32.2. The number of aryl methyl sites for hydroxylation is 1. The van der Waals surface area contributed by atoms with Gasteiger partial charge >= 0.3 is 5.97 Å². The summed E-state index contributed by atoms with van der Waals surface area (Å²) in [5.74, 6) is 1.33. The molecule has 35 heavy (non-hydrogen) atoms. The van der Waals surface area contributed by atoms with Crippen LogP contribution in [0.15, 0.2) is 12.1 Å². The van der Waals surface area contributed by atoms with Gasteiger partial charge in [0.1, 0.15) is 11.2 Å². The van der Waals surface area contributed by atoms with E-state index in [0.717, 1.165) is 35.3 Å². The van der Waals surface area contributed by atoms with Gasteiger partial charge in [0.15, 0.2) is 0 Å². The number of carbonyl (C=O) groups excluding carboxylic acids is 1. The SMILES string of the molecule is CCCCCCCCCCSC(CCC)OC(=O)CCc1cc(C(C)(C)C)c(O)c(C(C)(C)C)c1. The van der Waals surface area contributed by atoms with Crippen molar-refractivity contribution in [1.82, 2.24) is 0 Å². The quantitative estimate of drug-likeness (QED) is 0.138.